The Labute approximate surface area is 129 Å². The zero-order valence-electron chi connectivity index (χ0n) is 8.99. The molecule has 0 unspecified atom stereocenters. The first-order valence-electron chi connectivity index (χ1n) is 4.63. The Morgan fingerprint density at radius 2 is 1.18 bits per heavy atom. The number of hydrogen-bond acceptors (Lipinski definition) is 6. The maximum Gasteiger partial charge on any atom is 0.426 e. The van der Waals surface area contributed by atoms with Gasteiger partial charge in [0, 0.05) is 23.4 Å². The van der Waals surface area contributed by atoms with Gasteiger partial charge < -0.3 is 0 Å². The molecule has 17 heavy (non-hydrogen) atoms. The smallest absolute Gasteiger partial charge is 0.263 e. The molecule has 2 aromatic heterocycles. The number of rotatable bonds is 2. The van der Waals surface area contributed by atoms with Crippen molar-refractivity contribution in [2.24, 2.45) is 0 Å². The summed E-state index contributed by atoms with van der Waals surface area (Å²) in [6.45, 7) is 1.84. The van der Waals surface area contributed by atoms with Gasteiger partial charge in [-0.25, -0.2) is 9.97 Å². The lowest BCUT2D eigenvalue weighted by Crippen LogP contribution is -2.46. The average molecular weight is 279 g/mol. The van der Waals surface area contributed by atoms with Gasteiger partial charge in [0.1, 0.15) is 5.82 Å². The lowest BCUT2D eigenvalue weighted by Gasteiger charge is -2.04. The molecule has 0 aliphatic rings. The van der Waals surface area contributed by atoms with E-state index < -0.39 is 0 Å². The predicted molar refractivity (Wildman–Crippen MR) is 65.6 cm³/mol. The zero-order valence-corrected chi connectivity index (χ0v) is 13.6. The van der Waals surface area contributed by atoms with E-state index in [-0.39, 0.29) is 15.2 Å². The predicted octanol–water partition coefficient (Wildman–Crippen LogP) is -5.60. The fourth-order valence-corrected chi connectivity index (χ4v) is 3.71. The highest BCUT2D eigenvalue weighted by molar-refractivity contribution is 6.64. The summed E-state index contributed by atoms with van der Waals surface area (Å²) in [7, 11) is 0. The van der Waals surface area contributed by atoms with Crippen LogP contribution in [0.3, 0.4) is 0 Å². The van der Waals surface area contributed by atoms with Gasteiger partial charge in [-0.1, -0.05) is 0 Å². The minimum Gasteiger partial charge on any atom is -0.263 e. The normalized spacial score (nSPS) is 10.2. The van der Waals surface area contributed by atoms with Crippen LogP contribution in [0.2, 0.25) is 0 Å². The second-order valence-corrected chi connectivity index (χ2v) is 6.02. The molecule has 0 amide bonds. The van der Waals surface area contributed by atoms with Gasteiger partial charge in [-0.15, -0.1) is 0 Å². The Bertz CT molecular complexity index is 472. The van der Waals surface area contributed by atoms with Gasteiger partial charge >= 0.3 is 15.2 Å². The Hall–Kier alpha value is 0.150. The lowest BCUT2D eigenvalue weighted by molar-refractivity contribution is 1.04. The summed E-state index contributed by atoms with van der Waals surface area (Å²) in [6, 6.07) is 0. The molecular weight excluding hydrogens is 276 g/mol. The van der Waals surface area contributed by atoms with E-state index in [1.807, 2.05) is 6.92 Å². The molecule has 10 heteroatoms. The van der Waals surface area contributed by atoms with Gasteiger partial charge in [-0.3, -0.25) is 19.9 Å². The summed E-state index contributed by atoms with van der Waals surface area (Å²) < 4.78 is 3.37. The van der Waals surface area contributed by atoms with E-state index in [1.165, 1.54) is 0 Å². The number of nitrogens with zero attached hydrogens (tertiary/aromatic N) is 6. The molecule has 0 fully saturated rings. The molecule has 0 bridgehead atoms. The van der Waals surface area contributed by atoms with Crippen molar-refractivity contribution in [2.75, 3.05) is 0 Å². The molecule has 2 rings (SSSR count). The molecule has 0 saturated heterocycles. The maximum atomic E-state index is 4.28. The van der Waals surface area contributed by atoms with Crippen LogP contribution in [0.4, 0.5) is 0 Å². The van der Waals surface area contributed by atoms with E-state index in [0.29, 0.717) is 19.9 Å². The van der Waals surface area contributed by atoms with Gasteiger partial charge in [-0.05, 0) is 6.92 Å². The van der Waals surface area contributed by atoms with Crippen molar-refractivity contribution in [3.63, 3.8) is 0 Å². The quantitative estimate of drug-likeness (QED) is 0.510. The second kappa shape index (κ2) is 5.86. The fourth-order valence-electron chi connectivity index (χ4n) is 1.20. The minimum atomic E-state index is -0.343. The molecule has 7 radical (unpaired) electrons. The van der Waals surface area contributed by atoms with Crippen molar-refractivity contribution in [3.8, 4) is 0 Å². The van der Waals surface area contributed by atoms with Crippen molar-refractivity contribution in [3.05, 3.63) is 5.82 Å². The highest BCUT2D eigenvalue weighted by Gasteiger charge is 2.09. The van der Waals surface area contributed by atoms with Crippen molar-refractivity contribution >= 4 is 87.5 Å². The number of aromatic nitrogens is 6. The first-order valence-corrected chi connectivity index (χ1v) is 7.51. The monoisotopic (exact) mass is 279 g/mol. The third-order valence-electron chi connectivity index (χ3n) is 1.73. The molecule has 73 valence electrons. The minimum absolute atomic E-state index is 0.343. The van der Waals surface area contributed by atoms with E-state index in [4.69, 9.17) is 0 Å². The molecule has 0 aromatic carbocycles. The van der Waals surface area contributed by atoms with Gasteiger partial charge in [0.2, 0.25) is 48.9 Å². The Morgan fingerprint density at radius 1 is 0.706 bits per heavy atom. The standard InChI is InChI=1S/C4H3N3.C3N3.4Al/c1-4-6-2-5-3-7-4;1-4-2-6-3-5-1;;;;/h1H3;;;;;. The van der Waals surface area contributed by atoms with Crippen LogP contribution in [0.5, 0.6) is 0 Å². The van der Waals surface area contributed by atoms with E-state index in [9.17, 15) is 0 Å². The average Bonchev–Trinajstić information content (AvgIpc) is 2.13. The first kappa shape index (κ1) is 13.6. The highest BCUT2D eigenvalue weighted by atomic mass is 27.1. The van der Waals surface area contributed by atoms with Gasteiger partial charge in [0.25, 0.3) is 0 Å². The third-order valence-corrected chi connectivity index (χ3v) is 3.53. The van der Waals surface area contributed by atoms with Crippen molar-refractivity contribution in [1.82, 2.24) is 29.9 Å². The molecule has 0 spiro atoms. The molecule has 6 nitrogen and oxygen atoms in total. The molecule has 0 atom stereocenters. The summed E-state index contributed by atoms with van der Waals surface area (Å²) in [5.74, 6) is 0.707. The molecule has 0 saturated carbocycles. The molecular formula is C7H3Al4N6. The van der Waals surface area contributed by atoms with Gasteiger partial charge in [0.05, 0.1) is 0 Å². The van der Waals surface area contributed by atoms with Crippen LogP contribution in [0, 0.1) is 6.92 Å². The van der Waals surface area contributed by atoms with Crippen LogP contribution in [0.1, 0.15) is 5.82 Å². The third kappa shape index (κ3) is 4.08. The van der Waals surface area contributed by atoms with E-state index >= 15 is 0 Å². The zero-order chi connectivity index (χ0) is 12.4. The van der Waals surface area contributed by atoms with Crippen molar-refractivity contribution in [2.45, 2.75) is 6.92 Å². The Kier molecular flexibility index (Phi) is 4.68. The number of hydrogen-bond donors (Lipinski definition) is 0. The Morgan fingerprint density at radius 3 is 1.71 bits per heavy atom. The van der Waals surface area contributed by atoms with Crippen LogP contribution < -0.4 is 23.4 Å². The molecule has 0 N–H and O–H groups in total. The summed E-state index contributed by atoms with van der Waals surface area (Å²) in [5, 5.41) is 0. The summed E-state index contributed by atoms with van der Waals surface area (Å²) in [6.07, 6.45) is 0. The topological polar surface area (TPSA) is 77.3 Å². The maximum absolute atomic E-state index is 4.28. The summed E-state index contributed by atoms with van der Waals surface area (Å²) in [5.41, 5.74) is 0. The SMILES string of the molecule is Cc1n[c]([Al])n[c]([Al][c]2n[c]([Al])n[c]([Al])n2)n1. The Balaban J connectivity index is 2.31. The van der Waals surface area contributed by atoms with E-state index in [0.717, 1.165) is 9.37 Å². The molecule has 0 aliphatic heterocycles. The van der Waals surface area contributed by atoms with Crippen LogP contribution in [-0.4, -0.2) is 94.0 Å². The second-order valence-electron chi connectivity index (χ2n) is 3.15. The fraction of sp³-hybridized carbons (Fsp3) is 0.143. The summed E-state index contributed by atoms with van der Waals surface area (Å²) >= 11 is 7.06. The highest BCUT2D eigenvalue weighted by Crippen LogP contribution is 1.73. The summed E-state index contributed by atoms with van der Waals surface area (Å²) in [4.78, 5) is 25.2. The van der Waals surface area contributed by atoms with Crippen molar-refractivity contribution in [1.29, 1.82) is 0 Å². The molecule has 2 heterocycles. The van der Waals surface area contributed by atoms with Crippen LogP contribution in [-0.2, 0) is 0 Å². The first-order chi connectivity index (χ1) is 8.02. The lowest BCUT2D eigenvalue weighted by atomic mass is 10.7. The van der Waals surface area contributed by atoms with Gasteiger partial charge in [0.15, 0.2) is 0 Å². The van der Waals surface area contributed by atoms with Crippen LogP contribution in [0.25, 0.3) is 0 Å². The van der Waals surface area contributed by atoms with E-state index in [2.05, 4.69) is 78.8 Å². The molecule has 0 aliphatic carbocycles. The van der Waals surface area contributed by atoms with Crippen LogP contribution in [0.15, 0.2) is 0 Å². The van der Waals surface area contributed by atoms with Crippen molar-refractivity contribution < 1.29 is 0 Å². The number of aryl methyl sites for hydroxylation is 1. The van der Waals surface area contributed by atoms with E-state index in [1.54, 1.807) is 0 Å². The van der Waals surface area contributed by atoms with Gasteiger partial charge in [-0.2, -0.15) is 0 Å². The van der Waals surface area contributed by atoms with Crippen LogP contribution >= 0.6 is 0 Å². The largest absolute Gasteiger partial charge is 0.426 e. The molecule has 2 aromatic rings.